The Kier molecular flexibility index (Phi) is 5.37. The van der Waals surface area contributed by atoms with Crippen LogP contribution in [-0.4, -0.2) is 31.9 Å². The largest absolute Gasteiger partial charge is 0.416 e. The number of alkyl halides is 3. The molecule has 0 aliphatic carbocycles. The molecule has 1 aliphatic heterocycles. The lowest BCUT2D eigenvalue weighted by atomic mass is 9.93. The van der Waals surface area contributed by atoms with E-state index in [9.17, 15) is 21.6 Å². The molecule has 2 rings (SSSR count). The van der Waals surface area contributed by atoms with Gasteiger partial charge in [-0.25, -0.2) is 12.7 Å². The maximum Gasteiger partial charge on any atom is 0.416 e. The molecule has 0 radical (unpaired) electrons. The van der Waals surface area contributed by atoms with E-state index < -0.39 is 27.5 Å². The third-order valence-corrected chi connectivity index (χ3v) is 5.98. The second-order valence-corrected chi connectivity index (χ2v) is 8.04. The third-order valence-electron chi connectivity index (χ3n) is 4.16. The van der Waals surface area contributed by atoms with Crippen LogP contribution in [0.2, 0.25) is 0 Å². The molecular weight excluding hydrogens is 329 g/mol. The zero-order valence-electron chi connectivity index (χ0n) is 12.9. The third kappa shape index (κ3) is 4.68. The Morgan fingerprint density at radius 3 is 2.70 bits per heavy atom. The molecule has 0 spiro atoms. The molecule has 1 saturated heterocycles. The van der Waals surface area contributed by atoms with Gasteiger partial charge in [-0.15, -0.1) is 0 Å². The molecule has 1 aliphatic rings. The number of halogens is 3. The highest BCUT2D eigenvalue weighted by atomic mass is 32.2. The number of benzene rings is 1. The fraction of sp³-hybridized carbons (Fsp3) is 0.600. The van der Waals surface area contributed by atoms with Gasteiger partial charge in [-0.05, 0) is 37.3 Å². The maximum atomic E-state index is 12.7. The van der Waals surface area contributed by atoms with E-state index in [0.717, 1.165) is 18.6 Å². The van der Waals surface area contributed by atoms with Gasteiger partial charge in [-0.2, -0.15) is 13.2 Å². The zero-order chi connectivity index (χ0) is 17.3. The van der Waals surface area contributed by atoms with Gasteiger partial charge in [-0.1, -0.05) is 18.2 Å². The van der Waals surface area contributed by atoms with Crippen molar-refractivity contribution in [1.82, 2.24) is 4.31 Å². The van der Waals surface area contributed by atoms with Crippen LogP contribution < -0.4 is 5.73 Å². The number of rotatable bonds is 4. The van der Waals surface area contributed by atoms with Crippen LogP contribution in [-0.2, 0) is 22.0 Å². The molecule has 8 heteroatoms. The van der Waals surface area contributed by atoms with E-state index >= 15 is 0 Å². The van der Waals surface area contributed by atoms with Crippen LogP contribution in [0.5, 0.6) is 0 Å². The first kappa shape index (κ1) is 18.2. The lowest BCUT2D eigenvalue weighted by Crippen LogP contribution is -2.45. The quantitative estimate of drug-likeness (QED) is 0.908. The normalized spacial score (nSPS) is 22.0. The van der Waals surface area contributed by atoms with Crippen LogP contribution in [0.25, 0.3) is 0 Å². The highest BCUT2D eigenvalue weighted by Gasteiger charge is 2.33. The molecule has 2 N–H and O–H groups in total. The van der Waals surface area contributed by atoms with Crippen molar-refractivity contribution in [3.05, 3.63) is 35.4 Å². The number of hydrogen-bond acceptors (Lipinski definition) is 3. The smallest absolute Gasteiger partial charge is 0.328 e. The van der Waals surface area contributed by atoms with Gasteiger partial charge >= 0.3 is 6.18 Å². The maximum absolute atomic E-state index is 12.7. The van der Waals surface area contributed by atoms with Crippen molar-refractivity contribution >= 4 is 10.0 Å². The monoisotopic (exact) mass is 350 g/mol. The summed E-state index contributed by atoms with van der Waals surface area (Å²) in [5, 5.41) is 0. The van der Waals surface area contributed by atoms with Gasteiger partial charge in [0, 0.05) is 19.1 Å². The standard InChI is InChI=1S/C15H21F3N2O2S/c1-11(19)13-5-3-7-20(9-13)23(21,22)10-12-4-2-6-14(8-12)15(16,17)18/h2,4,6,8,11,13H,3,5,7,9-10,19H2,1H3/t11-,13-/m1/s1. The minimum absolute atomic E-state index is 0.0834. The molecule has 130 valence electrons. The molecule has 1 aromatic rings. The Morgan fingerprint density at radius 1 is 1.39 bits per heavy atom. The van der Waals surface area contributed by atoms with Crippen molar-refractivity contribution in [3.8, 4) is 0 Å². The van der Waals surface area contributed by atoms with E-state index in [1.807, 2.05) is 6.92 Å². The van der Waals surface area contributed by atoms with E-state index in [0.29, 0.717) is 19.5 Å². The lowest BCUT2D eigenvalue weighted by Gasteiger charge is -2.33. The van der Waals surface area contributed by atoms with Gasteiger partial charge in [0.25, 0.3) is 0 Å². The summed E-state index contributed by atoms with van der Waals surface area (Å²) in [6.45, 7) is 2.57. The molecule has 0 bridgehead atoms. The molecule has 0 unspecified atom stereocenters. The van der Waals surface area contributed by atoms with Gasteiger partial charge < -0.3 is 5.73 Å². The number of nitrogens with zero attached hydrogens (tertiary/aromatic N) is 1. The molecule has 0 amide bonds. The van der Waals surface area contributed by atoms with Gasteiger partial charge in [0.1, 0.15) is 0 Å². The summed E-state index contributed by atoms with van der Waals surface area (Å²) in [6.07, 6.45) is -2.90. The molecule has 1 heterocycles. The Hall–Kier alpha value is -1.12. The zero-order valence-corrected chi connectivity index (χ0v) is 13.7. The van der Waals surface area contributed by atoms with E-state index in [4.69, 9.17) is 5.73 Å². The van der Waals surface area contributed by atoms with Crippen molar-refractivity contribution in [3.63, 3.8) is 0 Å². The highest BCUT2D eigenvalue weighted by Crippen LogP contribution is 2.30. The molecule has 4 nitrogen and oxygen atoms in total. The van der Waals surface area contributed by atoms with Crippen molar-refractivity contribution in [2.24, 2.45) is 11.7 Å². The number of piperidine rings is 1. The summed E-state index contributed by atoms with van der Waals surface area (Å²) < 4.78 is 64.5. The van der Waals surface area contributed by atoms with Crippen molar-refractivity contribution in [2.45, 2.75) is 37.7 Å². The fourth-order valence-corrected chi connectivity index (χ4v) is 4.40. The first-order valence-corrected chi connectivity index (χ1v) is 9.10. The van der Waals surface area contributed by atoms with Crippen LogP contribution in [0, 0.1) is 5.92 Å². The summed E-state index contributed by atoms with van der Waals surface area (Å²) in [5.41, 5.74) is 5.15. The van der Waals surface area contributed by atoms with Crippen LogP contribution in [0.3, 0.4) is 0 Å². The Labute approximate surface area is 134 Å². The SMILES string of the molecule is C[C@@H](N)[C@@H]1CCCN(S(=O)(=O)Cc2cccc(C(F)(F)F)c2)C1. The summed E-state index contributed by atoms with van der Waals surface area (Å²) in [6, 6.07) is 4.35. The Bertz CT molecular complexity index is 644. The molecule has 0 saturated carbocycles. The fourth-order valence-electron chi connectivity index (χ4n) is 2.80. The average Bonchev–Trinajstić information content (AvgIpc) is 2.46. The van der Waals surface area contributed by atoms with E-state index in [1.165, 1.54) is 16.4 Å². The second kappa shape index (κ2) is 6.78. The molecule has 0 aromatic heterocycles. The van der Waals surface area contributed by atoms with Crippen molar-refractivity contribution in [2.75, 3.05) is 13.1 Å². The molecule has 1 fully saturated rings. The molecular formula is C15H21F3N2O2S. The van der Waals surface area contributed by atoms with Gasteiger partial charge in [0.15, 0.2) is 0 Å². The lowest BCUT2D eigenvalue weighted by molar-refractivity contribution is -0.137. The summed E-state index contributed by atoms with van der Waals surface area (Å²) in [7, 11) is -3.65. The van der Waals surface area contributed by atoms with Crippen LogP contribution in [0.4, 0.5) is 13.2 Å². The predicted octanol–water partition coefficient (Wildman–Crippen LogP) is 2.59. The van der Waals surface area contributed by atoms with Crippen LogP contribution in [0.1, 0.15) is 30.9 Å². The van der Waals surface area contributed by atoms with Crippen molar-refractivity contribution < 1.29 is 21.6 Å². The number of nitrogens with two attached hydrogens (primary N) is 1. The van der Waals surface area contributed by atoms with Gasteiger partial charge in [0.05, 0.1) is 11.3 Å². The average molecular weight is 350 g/mol. The van der Waals surface area contributed by atoms with Crippen LogP contribution in [0.15, 0.2) is 24.3 Å². The predicted molar refractivity (Wildman–Crippen MR) is 82.0 cm³/mol. The van der Waals surface area contributed by atoms with Crippen molar-refractivity contribution in [1.29, 1.82) is 0 Å². The van der Waals surface area contributed by atoms with E-state index in [2.05, 4.69) is 0 Å². The second-order valence-electron chi connectivity index (χ2n) is 6.07. The molecule has 23 heavy (non-hydrogen) atoms. The minimum Gasteiger partial charge on any atom is -0.328 e. The first-order chi connectivity index (χ1) is 10.6. The number of sulfonamides is 1. The highest BCUT2D eigenvalue weighted by molar-refractivity contribution is 7.88. The number of hydrogen-bond donors (Lipinski definition) is 1. The molecule has 1 aromatic carbocycles. The van der Waals surface area contributed by atoms with Crippen LogP contribution >= 0.6 is 0 Å². The minimum atomic E-state index is -4.48. The van der Waals surface area contributed by atoms with Gasteiger partial charge in [-0.3, -0.25) is 0 Å². The first-order valence-electron chi connectivity index (χ1n) is 7.49. The Balaban J connectivity index is 2.15. The topological polar surface area (TPSA) is 63.4 Å². The summed E-state index contributed by atoms with van der Waals surface area (Å²) >= 11 is 0. The summed E-state index contributed by atoms with van der Waals surface area (Å²) in [4.78, 5) is 0. The summed E-state index contributed by atoms with van der Waals surface area (Å²) in [5.74, 6) is -0.345. The molecule has 2 atom stereocenters. The van der Waals surface area contributed by atoms with E-state index in [-0.39, 0.29) is 17.5 Å². The van der Waals surface area contributed by atoms with E-state index in [1.54, 1.807) is 0 Å². The Morgan fingerprint density at radius 2 is 2.09 bits per heavy atom. The van der Waals surface area contributed by atoms with Gasteiger partial charge in [0.2, 0.25) is 10.0 Å².